The van der Waals surface area contributed by atoms with Crippen molar-refractivity contribution in [3.8, 4) is 6.07 Å². The summed E-state index contributed by atoms with van der Waals surface area (Å²) in [6.07, 6.45) is 0.778. The maximum absolute atomic E-state index is 13.9. The molecule has 1 heterocycles. The first-order valence-electron chi connectivity index (χ1n) is 6.20. The molecule has 0 saturated carbocycles. The molecule has 0 N–H and O–H groups in total. The Morgan fingerprint density at radius 2 is 2.30 bits per heavy atom. The molecular formula is C14H12FIN2O2. The van der Waals surface area contributed by atoms with Crippen LogP contribution in [0.25, 0.3) is 0 Å². The Morgan fingerprint density at radius 3 is 2.95 bits per heavy atom. The molecule has 0 aliphatic carbocycles. The van der Waals surface area contributed by atoms with Crippen molar-refractivity contribution in [3.63, 3.8) is 0 Å². The highest BCUT2D eigenvalue weighted by atomic mass is 127. The second-order valence-corrected chi connectivity index (χ2v) is 5.83. The fraction of sp³-hybridized carbons (Fsp3) is 0.357. The van der Waals surface area contributed by atoms with Crippen molar-refractivity contribution in [2.75, 3.05) is 11.4 Å². The van der Waals surface area contributed by atoms with Crippen molar-refractivity contribution in [1.82, 2.24) is 0 Å². The highest BCUT2D eigenvalue weighted by Gasteiger charge is 2.35. The molecule has 0 bridgehead atoms. The van der Waals surface area contributed by atoms with E-state index in [1.165, 1.54) is 11.0 Å². The second-order valence-electron chi connectivity index (χ2n) is 4.58. The third kappa shape index (κ3) is 2.98. The number of anilines is 1. The molecule has 0 aromatic heterocycles. The molecule has 1 aliphatic heterocycles. The van der Waals surface area contributed by atoms with Crippen molar-refractivity contribution in [3.05, 3.63) is 27.6 Å². The molecule has 2 rings (SSSR count). The van der Waals surface area contributed by atoms with Gasteiger partial charge in [0.2, 0.25) is 5.91 Å². The van der Waals surface area contributed by atoms with Crippen LogP contribution in [0.2, 0.25) is 0 Å². The van der Waals surface area contributed by atoms with Crippen molar-refractivity contribution < 1.29 is 14.0 Å². The third-order valence-electron chi connectivity index (χ3n) is 3.28. The summed E-state index contributed by atoms with van der Waals surface area (Å²) in [7, 11) is 0. The van der Waals surface area contributed by atoms with E-state index in [9.17, 15) is 14.0 Å². The monoisotopic (exact) mass is 386 g/mol. The first-order chi connectivity index (χ1) is 9.54. The number of carbonyl (C=O) groups excluding carboxylic acids is 2. The number of nitrogens with zero attached hydrogens (tertiary/aromatic N) is 2. The number of Topliss-reactive ketones (excluding diaryl/α,β-unsaturated/α-hetero) is 1. The summed E-state index contributed by atoms with van der Waals surface area (Å²) in [6, 6.07) is 6.38. The largest absolute Gasteiger partial charge is 0.309 e. The highest BCUT2D eigenvalue weighted by Crippen LogP contribution is 2.28. The lowest BCUT2D eigenvalue weighted by atomic mass is 9.91. The predicted molar refractivity (Wildman–Crippen MR) is 79.4 cm³/mol. The summed E-state index contributed by atoms with van der Waals surface area (Å²) < 4.78 is 14.7. The first kappa shape index (κ1) is 14.9. The average molecular weight is 386 g/mol. The highest BCUT2D eigenvalue weighted by molar-refractivity contribution is 14.1. The van der Waals surface area contributed by atoms with E-state index < -0.39 is 17.6 Å². The number of rotatable bonds is 3. The van der Waals surface area contributed by atoms with Crippen LogP contribution in [0.3, 0.4) is 0 Å². The number of hydrogen-bond acceptors (Lipinski definition) is 3. The van der Waals surface area contributed by atoms with E-state index in [-0.39, 0.29) is 17.9 Å². The van der Waals surface area contributed by atoms with Crippen LogP contribution in [0.4, 0.5) is 10.1 Å². The van der Waals surface area contributed by atoms with Gasteiger partial charge in [-0.05, 0) is 53.6 Å². The van der Waals surface area contributed by atoms with Crippen LogP contribution in [-0.2, 0) is 9.59 Å². The lowest BCUT2D eigenvalue weighted by Crippen LogP contribution is -2.44. The number of piperidine rings is 1. The molecule has 104 valence electrons. The van der Waals surface area contributed by atoms with Gasteiger partial charge >= 0.3 is 0 Å². The summed E-state index contributed by atoms with van der Waals surface area (Å²) in [5.41, 5.74) is 0.199. The van der Waals surface area contributed by atoms with Gasteiger partial charge in [0.1, 0.15) is 5.82 Å². The van der Waals surface area contributed by atoms with Crippen LogP contribution in [0, 0.1) is 26.6 Å². The van der Waals surface area contributed by atoms with Crippen molar-refractivity contribution in [2.45, 2.75) is 19.3 Å². The quantitative estimate of drug-likeness (QED) is 0.593. The minimum Gasteiger partial charge on any atom is -0.309 e. The number of halogens is 2. The van der Waals surface area contributed by atoms with Gasteiger partial charge < -0.3 is 4.90 Å². The Kier molecular flexibility index (Phi) is 4.70. The topological polar surface area (TPSA) is 61.2 Å². The van der Waals surface area contributed by atoms with Crippen molar-refractivity contribution in [2.24, 2.45) is 5.92 Å². The van der Waals surface area contributed by atoms with Gasteiger partial charge in [0.15, 0.2) is 5.78 Å². The van der Waals surface area contributed by atoms with Gasteiger partial charge in [0, 0.05) is 10.1 Å². The Bertz CT molecular complexity index is 597. The number of amides is 1. The first-order valence-corrected chi connectivity index (χ1v) is 7.28. The van der Waals surface area contributed by atoms with Gasteiger partial charge in [-0.1, -0.05) is 0 Å². The Hall–Kier alpha value is -1.49. The molecule has 4 nitrogen and oxygen atoms in total. The third-order valence-corrected chi connectivity index (χ3v) is 3.95. The Labute approximate surface area is 129 Å². The zero-order valence-corrected chi connectivity index (χ0v) is 12.8. The smallest absolute Gasteiger partial charge is 0.237 e. The summed E-state index contributed by atoms with van der Waals surface area (Å²) in [5, 5.41) is 8.55. The van der Waals surface area contributed by atoms with Crippen molar-refractivity contribution in [1.29, 1.82) is 5.26 Å². The SMILES string of the molecule is N#CCC(=O)C1CCCN(c2ccc(I)cc2F)C1=O. The lowest BCUT2D eigenvalue weighted by Gasteiger charge is -2.31. The summed E-state index contributed by atoms with van der Waals surface area (Å²) in [6.45, 7) is 0.396. The van der Waals surface area contributed by atoms with E-state index in [0.29, 0.717) is 19.4 Å². The normalized spacial score (nSPS) is 18.8. The molecule has 1 saturated heterocycles. The van der Waals surface area contributed by atoms with Gasteiger partial charge in [-0.3, -0.25) is 9.59 Å². The maximum Gasteiger partial charge on any atom is 0.237 e. The molecule has 0 spiro atoms. The number of nitriles is 1. The molecule has 1 unspecified atom stereocenters. The molecule has 20 heavy (non-hydrogen) atoms. The van der Waals surface area contributed by atoms with E-state index >= 15 is 0 Å². The molecular weight excluding hydrogens is 374 g/mol. The van der Waals surface area contributed by atoms with Crippen LogP contribution < -0.4 is 4.90 Å². The number of ketones is 1. The Morgan fingerprint density at radius 1 is 1.55 bits per heavy atom. The van der Waals surface area contributed by atoms with Gasteiger partial charge in [-0.25, -0.2) is 4.39 Å². The van der Waals surface area contributed by atoms with Crippen molar-refractivity contribution >= 4 is 40.0 Å². The van der Waals surface area contributed by atoms with E-state index in [2.05, 4.69) is 0 Å². The molecule has 1 aromatic rings. The standard InChI is InChI=1S/C14H12FIN2O2/c15-11-8-9(16)3-4-12(11)18-7-1-2-10(14(18)20)13(19)5-6-17/h3-4,8,10H,1-2,5,7H2. The fourth-order valence-corrected chi connectivity index (χ4v) is 2.77. The van der Waals surface area contributed by atoms with Gasteiger partial charge in [0.05, 0.1) is 24.1 Å². The zero-order valence-electron chi connectivity index (χ0n) is 10.6. The maximum atomic E-state index is 13.9. The number of hydrogen-bond donors (Lipinski definition) is 0. The van der Waals surface area contributed by atoms with E-state index in [1.54, 1.807) is 18.2 Å². The van der Waals surface area contributed by atoms with Gasteiger partial charge in [-0.2, -0.15) is 5.26 Å². The van der Waals surface area contributed by atoms with Crippen LogP contribution in [0.5, 0.6) is 0 Å². The summed E-state index contributed by atoms with van der Waals surface area (Å²) in [4.78, 5) is 25.4. The van der Waals surface area contributed by atoms with Gasteiger partial charge in [0.25, 0.3) is 0 Å². The Balaban J connectivity index is 2.26. The van der Waals surface area contributed by atoms with E-state index in [4.69, 9.17) is 5.26 Å². The summed E-state index contributed by atoms with van der Waals surface area (Å²) >= 11 is 1.99. The zero-order chi connectivity index (χ0) is 14.7. The average Bonchev–Trinajstić information content (AvgIpc) is 2.40. The number of benzene rings is 1. The molecule has 1 aromatic carbocycles. The molecule has 1 aliphatic rings. The van der Waals surface area contributed by atoms with E-state index in [0.717, 1.165) is 3.57 Å². The van der Waals surface area contributed by atoms with Crippen LogP contribution >= 0.6 is 22.6 Å². The number of carbonyl (C=O) groups is 2. The van der Waals surface area contributed by atoms with E-state index in [1.807, 2.05) is 22.6 Å². The van der Waals surface area contributed by atoms with Crippen LogP contribution in [-0.4, -0.2) is 18.2 Å². The molecule has 0 radical (unpaired) electrons. The van der Waals surface area contributed by atoms with Gasteiger partial charge in [-0.15, -0.1) is 0 Å². The second kappa shape index (κ2) is 6.31. The fourth-order valence-electron chi connectivity index (χ4n) is 2.31. The predicted octanol–water partition coefficient (Wildman–Crippen LogP) is 2.66. The van der Waals surface area contributed by atoms with Crippen LogP contribution in [0.1, 0.15) is 19.3 Å². The minimum atomic E-state index is -0.818. The molecule has 1 amide bonds. The van der Waals surface area contributed by atoms with Crippen LogP contribution in [0.15, 0.2) is 18.2 Å². The minimum absolute atomic E-state index is 0.199. The molecule has 1 atom stereocenters. The molecule has 1 fully saturated rings. The summed E-state index contributed by atoms with van der Waals surface area (Å²) in [5.74, 6) is -2.08. The lowest BCUT2D eigenvalue weighted by molar-refractivity contribution is -0.133. The molecule has 6 heteroatoms.